The molecule has 0 saturated carbocycles. The van der Waals surface area contributed by atoms with Gasteiger partial charge in [0.05, 0.1) is 0 Å². The van der Waals surface area contributed by atoms with Crippen molar-refractivity contribution >= 4 is 17.2 Å². The van der Waals surface area contributed by atoms with E-state index in [1.807, 2.05) is 10.6 Å². The average Bonchev–Trinajstić information content (AvgIpc) is 2.75. The molecule has 6 heteroatoms. The summed E-state index contributed by atoms with van der Waals surface area (Å²) in [5.74, 6) is 1.47. The molecule has 1 aliphatic heterocycles. The molecule has 3 heterocycles. The molecule has 0 aromatic carbocycles. The molecule has 1 N–H and O–H groups in total. The van der Waals surface area contributed by atoms with Crippen LogP contribution in [0.1, 0.15) is 24.6 Å². The number of hydrogen-bond donors (Lipinski definition) is 1. The van der Waals surface area contributed by atoms with Gasteiger partial charge in [0.1, 0.15) is 5.82 Å². The topological polar surface area (TPSA) is 55.1 Å². The van der Waals surface area contributed by atoms with E-state index in [4.69, 9.17) is 11.6 Å². The first-order valence-corrected chi connectivity index (χ1v) is 5.80. The number of halogens is 1. The molecule has 3 rings (SSSR count). The lowest BCUT2D eigenvalue weighted by atomic mass is 9.97. The molecule has 0 unspecified atom stereocenters. The van der Waals surface area contributed by atoms with Gasteiger partial charge in [0.25, 0.3) is 0 Å². The normalized spacial score (nSPS) is 18.1. The second-order valence-electron chi connectivity index (χ2n) is 3.99. The Labute approximate surface area is 97.8 Å². The van der Waals surface area contributed by atoms with Gasteiger partial charge in [-0.15, -0.1) is 10.2 Å². The first-order chi connectivity index (χ1) is 7.86. The molecular weight excluding hydrogens is 226 g/mol. The monoisotopic (exact) mass is 237 g/mol. The van der Waals surface area contributed by atoms with Crippen molar-refractivity contribution in [1.82, 2.24) is 24.9 Å². The Hall–Kier alpha value is -1.20. The van der Waals surface area contributed by atoms with E-state index in [9.17, 15) is 0 Å². The second kappa shape index (κ2) is 3.99. The number of hydrogen-bond acceptors (Lipinski definition) is 4. The van der Waals surface area contributed by atoms with Crippen LogP contribution in [-0.2, 0) is 0 Å². The largest absolute Gasteiger partial charge is 0.317 e. The minimum Gasteiger partial charge on any atom is -0.317 e. The number of nitrogens with zero attached hydrogens (tertiary/aromatic N) is 4. The molecule has 1 aliphatic rings. The van der Waals surface area contributed by atoms with Gasteiger partial charge in [-0.2, -0.15) is 0 Å². The van der Waals surface area contributed by atoms with E-state index in [0.29, 0.717) is 16.7 Å². The molecule has 2 aromatic heterocycles. The summed E-state index contributed by atoms with van der Waals surface area (Å²) in [4.78, 5) is 4.00. The summed E-state index contributed by atoms with van der Waals surface area (Å²) in [5, 5.41) is 12.1. The molecule has 84 valence electrons. The quantitative estimate of drug-likeness (QED) is 0.811. The standard InChI is InChI=1S/C10H12ClN5/c11-8-10-15-14-9(16(10)6-5-13-8)7-1-3-12-4-2-7/h5-7,12H,1-4H2. The summed E-state index contributed by atoms with van der Waals surface area (Å²) < 4.78 is 1.95. The Kier molecular flexibility index (Phi) is 2.49. The fourth-order valence-corrected chi connectivity index (χ4v) is 2.36. The predicted molar refractivity (Wildman–Crippen MR) is 60.6 cm³/mol. The smallest absolute Gasteiger partial charge is 0.198 e. The minimum atomic E-state index is 0.412. The molecule has 1 fully saturated rings. The highest BCUT2D eigenvalue weighted by Gasteiger charge is 2.21. The van der Waals surface area contributed by atoms with Crippen LogP contribution in [0.25, 0.3) is 5.65 Å². The first kappa shape index (κ1) is 9.99. The number of rotatable bonds is 1. The maximum Gasteiger partial charge on any atom is 0.198 e. The van der Waals surface area contributed by atoms with E-state index in [1.54, 1.807) is 6.20 Å². The minimum absolute atomic E-state index is 0.412. The maximum absolute atomic E-state index is 5.96. The molecule has 1 saturated heterocycles. The van der Waals surface area contributed by atoms with Crippen molar-refractivity contribution in [3.63, 3.8) is 0 Å². The van der Waals surface area contributed by atoms with Gasteiger partial charge in [-0.25, -0.2) is 4.98 Å². The SMILES string of the molecule is Clc1nccn2c(C3CCNCC3)nnc12. The number of nitrogens with one attached hydrogen (secondary N) is 1. The molecule has 0 bridgehead atoms. The predicted octanol–water partition coefficient (Wildman–Crippen LogP) is 1.24. The number of aromatic nitrogens is 4. The Bertz CT molecular complexity index is 503. The third kappa shape index (κ3) is 1.56. The zero-order chi connectivity index (χ0) is 11.0. The highest BCUT2D eigenvalue weighted by atomic mass is 35.5. The summed E-state index contributed by atoms with van der Waals surface area (Å²) >= 11 is 5.96. The molecule has 0 spiro atoms. The Balaban J connectivity index is 2.06. The maximum atomic E-state index is 5.96. The third-order valence-electron chi connectivity index (χ3n) is 3.01. The van der Waals surface area contributed by atoms with Gasteiger partial charge in [0.2, 0.25) is 0 Å². The number of fused-ring (bicyclic) bond motifs is 1. The molecule has 0 amide bonds. The molecule has 0 atom stereocenters. The molecule has 0 aliphatic carbocycles. The van der Waals surface area contributed by atoms with Crippen LogP contribution in [0.5, 0.6) is 0 Å². The summed E-state index contributed by atoms with van der Waals surface area (Å²) in [5.41, 5.74) is 0.651. The zero-order valence-electron chi connectivity index (χ0n) is 8.73. The van der Waals surface area contributed by atoms with Crippen molar-refractivity contribution in [2.75, 3.05) is 13.1 Å². The van der Waals surface area contributed by atoms with E-state index in [1.165, 1.54) is 0 Å². The lowest BCUT2D eigenvalue weighted by Gasteiger charge is -2.20. The highest BCUT2D eigenvalue weighted by molar-refractivity contribution is 6.32. The van der Waals surface area contributed by atoms with Crippen LogP contribution in [0.2, 0.25) is 5.15 Å². The van der Waals surface area contributed by atoms with Crippen molar-refractivity contribution in [1.29, 1.82) is 0 Å². The zero-order valence-corrected chi connectivity index (χ0v) is 9.48. The Morgan fingerprint density at radius 1 is 1.31 bits per heavy atom. The van der Waals surface area contributed by atoms with Crippen LogP contribution in [-0.4, -0.2) is 32.7 Å². The molecule has 16 heavy (non-hydrogen) atoms. The van der Waals surface area contributed by atoms with E-state index in [2.05, 4.69) is 20.5 Å². The van der Waals surface area contributed by atoms with Gasteiger partial charge in [-0.1, -0.05) is 11.6 Å². The summed E-state index contributed by atoms with van der Waals surface area (Å²) in [6, 6.07) is 0. The van der Waals surface area contributed by atoms with Gasteiger partial charge < -0.3 is 5.32 Å². The second-order valence-corrected chi connectivity index (χ2v) is 4.35. The molecule has 2 aromatic rings. The summed E-state index contributed by atoms with van der Waals surface area (Å²) in [6.07, 6.45) is 5.75. The van der Waals surface area contributed by atoms with Crippen molar-refractivity contribution in [2.45, 2.75) is 18.8 Å². The van der Waals surface area contributed by atoms with Gasteiger partial charge >= 0.3 is 0 Å². The first-order valence-electron chi connectivity index (χ1n) is 5.42. The van der Waals surface area contributed by atoms with E-state index in [0.717, 1.165) is 31.8 Å². The van der Waals surface area contributed by atoms with E-state index >= 15 is 0 Å². The molecule has 0 radical (unpaired) electrons. The third-order valence-corrected chi connectivity index (χ3v) is 3.28. The van der Waals surface area contributed by atoms with E-state index in [-0.39, 0.29) is 0 Å². The van der Waals surface area contributed by atoms with Crippen LogP contribution in [0.15, 0.2) is 12.4 Å². The number of piperidine rings is 1. The van der Waals surface area contributed by atoms with Gasteiger partial charge in [0.15, 0.2) is 10.8 Å². The van der Waals surface area contributed by atoms with Crippen LogP contribution in [0.4, 0.5) is 0 Å². The summed E-state index contributed by atoms with van der Waals surface area (Å²) in [7, 11) is 0. The molecule has 5 nitrogen and oxygen atoms in total. The van der Waals surface area contributed by atoms with Crippen molar-refractivity contribution in [3.05, 3.63) is 23.4 Å². The Morgan fingerprint density at radius 3 is 2.94 bits per heavy atom. The molecular formula is C10H12ClN5. The highest BCUT2D eigenvalue weighted by Crippen LogP contribution is 2.25. The van der Waals surface area contributed by atoms with E-state index < -0.39 is 0 Å². The lowest BCUT2D eigenvalue weighted by molar-refractivity contribution is 0.442. The van der Waals surface area contributed by atoms with Crippen LogP contribution < -0.4 is 5.32 Å². The average molecular weight is 238 g/mol. The van der Waals surface area contributed by atoms with Gasteiger partial charge in [0, 0.05) is 18.3 Å². The van der Waals surface area contributed by atoms with Crippen LogP contribution >= 0.6 is 11.6 Å². The summed E-state index contributed by atoms with van der Waals surface area (Å²) in [6.45, 7) is 2.08. The fourth-order valence-electron chi connectivity index (χ4n) is 2.17. The van der Waals surface area contributed by atoms with Crippen molar-refractivity contribution in [3.8, 4) is 0 Å². The van der Waals surface area contributed by atoms with Gasteiger partial charge in [-0.3, -0.25) is 4.40 Å². The van der Waals surface area contributed by atoms with Crippen molar-refractivity contribution < 1.29 is 0 Å². The van der Waals surface area contributed by atoms with Crippen molar-refractivity contribution in [2.24, 2.45) is 0 Å². The fraction of sp³-hybridized carbons (Fsp3) is 0.500. The Morgan fingerprint density at radius 2 is 2.12 bits per heavy atom. The van der Waals surface area contributed by atoms with Crippen LogP contribution in [0.3, 0.4) is 0 Å². The van der Waals surface area contributed by atoms with Crippen LogP contribution in [0, 0.1) is 0 Å². The van der Waals surface area contributed by atoms with Gasteiger partial charge in [-0.05, 0) is 25.9 Å². The lowest BCUT2D eigenvalue weighted by Crippen LogP contribution is -2.27.